The maximum absolute atomic E-state index is 9.72. The highest BCUT2D eigenvalue weighted by molar-refractivity contribution is 5.32. The summed E-state index contributed by atoms with van der Waals surface area (Å²) in [7, 11) is 0. The molecule has 0 heterocycles. The van der Waals surface area contributed by atoms with Crippen LogP contribution in [0.3, 0.4) is 0 Å². The van der Waals surface area contributed by atoms with Crippen molar-refractivity contribution in [2.24, 2.45) is 0 Å². The molecule has 0 aliphatic heterocycles. The van der Waals surface area contributed by atoms with Crippen LogP contribution in [0, 0.1) is 13.8 Å². The van der Waals surface area contributed by atoms with Gasteiger partial charge in [-0.3, -0.25) is 0 Å². The zero-order valence-corrected chi connectivity index (χ0v) is 8.25. The zero-order valence-electron chi connectivity index (χ0n) is 8.25. The number of rotatable bonds is 3. The molecule has 0 spiro atoms. The average Bonchev–Trinajstić information content (AvgIpc) is 2.04. The molecule has 0 unspecified atom stereocenters. The van der Waals surface area contributed by atoms with Crippen molar-refractivity contribution in [2.75, 3.05) is 0 Å². The third kappa shape index (κ3) is 2.43. The van der Waals surface area contributed by atoms with Crippen LogP contribution >= 0.6 is 0 Å². The van der Waals surface area contributed by atoms with Crippen LogP contribution in [0.4, 0.5) is 0 Å². The molecule has 0 amide bonds. The predicted octanol–water partition coefficient (Wildman–Crippen LogP) is 2.91. The Morgan fingerprint density at radius 3 is 2.69 bits per heavy atom. The monoisotopic (exact) mass is 176 g/mol. The summed E-state index contributed by atoms with van der Waals surface area (Å²) in [5.74, 6) is 0. The first-order valence-electron chi connectivity index (χ1n) is 4.51. The summed E-state index contributed by atoms with van der Waals surface area (Å²) < 4.78 is 0. The molecular weight excluding hydrogens is 160 g/mol. The van der Waals surface area contributed by atoms with E-state index >= 15 is 0 Å². The topological polar surface area (TPSA) is 20.2 Å². The number of hydrogen-bond acceptors (Lipinski definition) is 1. The first-order valence-corrected chi connectivity index (χ1v) is 4.51. The van der Waals surface area contributed by atoms with Crippen molar-refractivity contribution in [1.82, 2.24) is 0 Å². The maximum atomic E-state index is 9.72. The molecule has 70 valence electrons. The van der Waals surface area contributed by atoms with Crippen molar-refractivity contribution in [2.45, 2.75) is 26.4 Å². The summed E-state index contributed by atoms with van der Waals surface area (Å²) in [6, 6.07) is 6.09. The summed E-state index contributed by atoms with van der Waals surface area (Å²) in [5, 5.41) is 9.72. The molecule has 0 saturated heterocycles. The number of aliphatic hydroxyl groups excluding tert-OH is 1. The lowest BCUT2D eigenvalue weighted by Crippen LogP contribution is -1.98. The number of aryl methyl sites for hydroxylation is 2. The fourth-order valence-electron chi connectivity index (χ4n) is 1.48. The van der Waals surface area contributed by atoms with E-state index in [9.17, 15) is 5.11 Å². The smallest absolute Gasteiger partial charge is 0.0826 e. The van der Waals surface area contributed by atoms with Gasteiger partial charge in [-0.15, -0.1) is 6.58 Å². The van der Waals surface area contributed by atoms with E-state index in [1.54, 1.807) is 6.08 Å². The average molecular weight is 176 g/mol. The minimum atomic E-state index is -0.405. The predicted molar refractivity (Wildman–Crippen MR) is 55.7 cm³/mol. The number of hydrogen-bond donors (Lipinski definition) is 1. The van der Waals surface area contributed by atoms with E-state index in [4.69, 9.17) is 0 Å². The Hall–Kier alpha value is -1.08. The molecule has 0 aromatic heterocycles. The fraction of sp³-hybridized carbons (Fsp3) is 0.333. The first kappa shape index (κ1) is 10.0. The van der Waals surface area contributed by atoms with Crippen LogP contribution in [0.15, 0.2) is 30.9 Å². The molecule has 1 rings (SSSR count). The lowest BCUT2D eigenvalue weighted by molar-refractivity contribution is 0.181. The maximum Gasteiger partial charge on any atom is 0.0826 e. The molecule has 0 radical (unpaired) electrons. The van der Waals surface area contributed by atoms with Crippen LogP contribution < -0.4 is 0 Å². The quantitative estimate of drug-likeness (QED) is 0.702. The SMILES string of the molecule is C=CC[C@H](O)c1ccc(C)cc1C. The van der Waals surface area contributed by atoms with Crippen LogP contribution in [0.2, 0.25) is 0 Å². The standard InChI is InChI=1S/C12H16O/c1-4-5-12(13)11-7-6-9(2)8-10(11)3/h4,6-8,12-13H,1,5H2,2-3H3/t12-/m0/s1. The first-order chi connectivity index (χ1) is 6.15. The third-order valence-corrected chi connectivity index (χ3v) is 2.17. The molecule has 1 atom stereocenters. The molecule has 13 heavy (non-hydrogen) atoms. The van der Waals surface area contributed by atoms with Crippen molar-refractivity contribution >= 4 is 0 Å². The highest BCUT2D eigenvalue weighted by atomic mass is 16.3. The zero-order chi connectivity index (χ0) is 9.84. The van der Waals surface area contributed by atoms with Gasteiger partial charge in [0.25, 0.3) is 0 Å². The van der Waals surface area contributed by atoms with Crippen LogP contribution in [0.1, 0.15) is 29.2 Å². The van der Waals surface area contributed by atoms with E-state index < -0.39 is 6.10 Å². The highest BCUT2D eigenvalue weighted by Gasteiger charge is 2.07. The van der Waals surface area contributed by atoms with E-state index in [1.807, 2.05) is 19.1 Å². The molecule has 0 bridgehead atoms. The molecule has 1 aromatic carbocycles. The van der Waals surface area contributed by atoms with E-state index in [0.29, 0.717) is 6.42 Å². The summed E-state index contributed by atoms with van der Waals surface area (Å²) >= 11 is 0. The van der Waals surface area contributed by atoms with Crippen LogP contribution in [-0.4, -0.2) is 5.11 Å². The van der Waals surface area contributed by atoms with Crippen molar-refractivity contribution in [1.29, 1.82) is 0 Å². The molecule has 1 aromatic rings. The van der Waals surface area contributed by atoms with Gasteiger partial charge < -0.3 is 5.11 Å². The molecule has 1 heteroatoms. The van der Waals surface area contributed by atoms with Gasteiger partial charge in [0.1, 0.15) is 0 Å². The Kier molecular flexibility index (Phi) is 3.26. The Labute approximate surface area is 79.7 Å². The second-order valence-electron chi connectivity index (χ2n) is 3.40. The molecule has 1 nitrogen and oxygen atoms in total. The van der Waals surface area contributed by atoms with Gasteiger partial charge in [-0.25, -0.2) is 0 Å². The van der Waals surface area contributed by atoms with Crippen LogP contribution in [0.25, 0.3) is 0 Å². The van der Waals surface area contributed by atoms with E-state index in [-0.39, 0.29) is 0 Å². The van der Waals surface area contributed by atoms with E-state index in [0.717, 1.165) is 11.1 Å². The van der Waals surface area contributed by atoms with Crippen LogP contribution in [-0.2, 0) is 0 Å². The van der Waals surface area contributed by atoms with E-state index in [2.05, 4.69) is 19.6 Å². The normalized spacial score (nSPS) is 12.5. The minimum Gasteiger partial charge on any atom is -0.388 e. The molecule has 0 aliphatic rings. The second kappa shape index (κ2) is 4.24. The van der Waals surface area contributed by atoms with Gasteiger partial charge in [0.15, 0.2) is 0 Å². The lowest BCUT2D eigenvalue weighted by atomic mass is 9.99. The van der Waals surface area contributed by atoms with Crippen molar-refractivity contribution in [3.8, 4) is 0 Å². The Balaban J connectivity index is 2.94. The summed E-state index contributed by atoms with van der Waals surface area (Å²) in [6.07, 6.45) is 1.95. The fourth-order valence-corrected chi connectivity index (χ4v) is 1.48. The lowest BCUT2D eigenvalue weighted by Gasteiger charge is -2.12. The van der Waals surface area contributed by atoms with Gasteiger partial charge >= 0.3 is 0 Å². The third-order valence-electron chi connectivity index (χ3n) is 2.17. The highest BCUT2D eigenvalue weighted by Crippen LogP contribution is 2.21. The van der Waals surface area contributed by atoms with Gasteiger partial charge in [0.05, 0.1) is 6.10 Å². The van der Waals surface area contributed by atoms with E-state index in [1.165, 1.54) is 5.56 Å². The number of aliphatic hydroxyl groups is 1. The van der Waals surface area contributed by atoms with Gasteiger partial charge in [0.2, 0.25) is 0 Å². The largest absolute Gasteiger partial charge is 0.388 e. The molecule has 0 saturated carbocycles. The molecule has 1 N–H and O–H groups in total. The van der Waals surface area contributed by atoms with Gasteiger partial charge in [-0.1, -0.05) is 29.8 Å². The van der Waals surface area contributed by atoms with Gasteiger partial charge in [-0.2, -0.15) is 0 Å². The molecular formula is C12H16O. The summed E-state index contributed by atoms with van der Waals surface area (Å²) in [4.78, 5) is 0. The molecule has 0 aliphatic carbocycles. The van der Waals surface area contributed by atoms with Crippen LogP contribution in [0.5, 0.6) is 0 Å². The van der Waals surface area contributed by atoms with Crippen molar-refractivity contribution in [3.63, 3.8) is 0 Å². The summed E-state index contributed by atoms with van der Waals surface area (Å²) in [5.41, 5.74) is 3.38. The Bertz CT molecular complexity index is 302. The minimum absolute atomic E-state index is 0.405. The van der Waals surface area contributed by atoms with Crippen molar-refractivity contribution < 1.29 is 5.11 Å². The van der Waals surface area contributed by atoms with Gasteiger partial charge in [0, 0.05) is 0 Å². The Morgan fingerprint density at radius 1 is 1.46 bits per heavy atom. The number of benzene rings is 1. The summed E-state index contributed by atoms with van der Waals surface area (Å²) in [6.45, 7) is 7.69. The van der Waals surface area contributed by atoms with Gasteiger partial charge in [-0.05, 0) is 31.4 Å². The second-order valence-corrected chi connectivity index (χ2v) is 3.40. The Morgan fingerprint density at radius 2 is 2.15 bits per heavy atom. The van der Waals surface area contributed by atoms with Crippen molar-refractivity contribution in [3.05, 3.63) is 47.5 Å². The molecule has 0 fully saturated rings.